The molecule has 1 N–H and O–H groups in total. The molecule has 1 heterocycles. The molecule has 8 atom stereocenters. The fourth-order valence-corrected chi connectivity index (χ4v) is 8.14. The molecule has 1 amide bonds. The second-order valence-corrected chi connectivity index (χ2v) is 11.8. The van der Waals surface area contributed by atoms with E-state index in [2.05, 4.69) is 38.2 Å². The van der Waals surface area contributed by atoms with Gasteiger partial charge in [-0.2, -0.15) is 0 Å². The molecule has 4 fully saturated rings. The molecule has 4 unspecified atom stereocenters. The lowest BCUT2D eigenvalue weighted by Crippen LogP contribution is -2.62. The molecule has 164 valence electrons. The van der Waals surface area contributed by atoms with Gasteiger partial charge in [-0.05, 0) is 97.6 Å². The van der Waals surface area contributed by atoms with Crippen molar-refractivity contribution in [3.05, 3.63) is 28.8 Å². The molecule has 4 heteroatoms. The number of hydrogen-bond donors (Lipinski definition) is 1. The normalized spacial score (nSPS) is 45.2. The van der Waals surface area contributed by atoms with Crippen LogP contribution in [-0.2, 0) is 4.79 Å². The molecule has 0 spiro atoms. The first kappa shape index (κ1) is 20.7. The van der Waals surface area contributed by atoms with Crippen molar-refractivity contribution in [1.29, 1.82) is 0 Å². The van der Waals surface area contributed by atoms with Crippen LogP contribution in [0, 0.1) is 41.4 Å². The van der Waals surface area contributed by atoms with Gasteiger partial charge in [0, 0.05) is 17.5 Å². The van der Waals surface area contributed by atoms with Crippen molar-refractivity contribution >= 4 is 17.5 Å². The van der Waals surface area contributed by atoms with E-state index in [0.717, 1.165) is 53.9 Å². The fraction of sp³-hybridized carbons (Fsp3) is 0.731. The molecule has 0 aromatic heterocycles. The van der Waals surface area contributed by atoms with Crippen LogP contribution in [0.4, 0.5) is 0 Å². The van der Waals surface area contributed by atoms with Crippen molar-refractivity contribution in [3.8, 4) is 5.75 Å². The van der Waals surface area contributed by atoms with Gasteiger partial charge in [-0.15, -0.1) is 0 Å². The van der Waals surface area contributed by atoms with E-state index in [4.69, 9.17) is 16.3 Å². The van der Waals surface area contributed by atoms with Gasteiger partial charge >= 0.3 is 0 Å². The maximum absolute atomic E-state index is 12.1. The van der Waals surface area contributed by atoms with Crippen LogP contribution in [0.3, 0.4) is 0 Å². The summed E-state index contributed by atoms with van der Waals surface area (Å²) in [6.07, 6.45) is 8.06. The first-order valence-electron chi connectivity index (χ1n) is 11.9. The molecule has 3 aliphatic carbocycles. The maximum atomic E-state index is 12.1. The summed E-state index contributed by atoms with van der Waals surface area (Å²) in [4.78, 5) is 12.1. The predicted octanol–water partition coefficient (Wildman–Crippen LogP) is 6.16. The van der Waals surface area contributed by atoms with Crippen LogP contribution in [0.5, 0.6) is 5.75 Å². The van der Waals surface area contributed by atoms with E-state index >= 15 is 0 Å². The molecule has 30 heavy (non-hydrogen) atoms. The Morgan fingerprint density at radius 3 is 2.73 bits per heavy atom. The number of rotatable bonds is 2. The van der Waals surface area contributed by atoms with Crippen LogP contribution in [-0.4, -0.2) is 18.1 Å². The van der Waals surface area contributed by atoms with Crippen molar-refractivity contribution < 1.29 is 9.53 Å². The fourth-order valence-electron chi connectivity index (χ4n) is 7.97. The molecule has 0 bridgehead atoms. The van der Waals surface area contributed by atoms with Gasteiger partial charge in [0.15, 0.2) is 0 Å². The van der Waals surface area contributed by atoms with Crippen LogP contribution in [0.1, 0.15) is 71.3 Å². The Hall–Kier alpha value is -1.22. The molecule has 3 saturated carbocycles. The first-order valence-corrected chi connectivity index (χ1v) is 12.3. The quantitative estimate of drug-likeness (QED) is 0.611. The van der Waals surface area contributed by atoms with E-state index in [1.165, 1.54) is 12.8 Å². The summed E-state index contributed by atoms with van der Waals surface area (Å²) in [6.45, 7) is 9.46. The number of piperidine rings is 1. The van der Waals surface area contributed by atoms with Gasteiger partial charge in [-0.3, -0.25) is 4.79 Å². The summed E-state index contributed by atoms with van der Waals surface area (Å²) >= 11 is 6.34. The standard InChI is InChI=1S/C26H36ClNO2/c1-15-5-6-17(13-21(15)27)30-18-12-20-24-16(2)11-22-26(4,10-8-23(29)28-22)19(24)7-9-25(20,3)14-18/h5-6,13,16,18-20,22,24H,7-12,14H2,1-4H3,(H,28,29)/t16-,18-,19?,20?,22?,24?,25+,26+/m0/s1. The molecule has 1 aliphatic heterocycles. The minimum absolute atomic E-state index is 0.259. The number of amides is 1. The van der Waals surface area contributed by atoms with Crippen molar-refractivity contribution in [1.82, 2.24) is 5.32 Å². The van der Waals surface area contributed by atoms with E-state index in [1.807, 2.05) is 13.0 Å². The highest BCUT2D eigenvalue weighted by molar-refractivity contribution is 6.31. The van der Waals surface area contributed by atoms with Crippen LogP contribution in [0.15, 0.2) is 18.2 Å². The number of ether oxygens (including phenoxy) is 1. The van der Waals surface area contributed by atoms with Gasteiger partial charge in [0.1, 0.15) is 5.75 Å². The van der Waals surface area contributed by atoms with Crippen molar-refractivity contribution in [2.75, 3.05) is 0 Å². The molecule has 1 aromatic carbocycles. The molecule has 4 aliphatic rings. The zero-order valence-corrected chi connectivity index (χ0v) is 19.6. The van der Waals surface area contributed by atoms with Gasteiger partial charge < -0.3 is 10.1 Å². The maximum Gasteiger partial charge on any atom is 0.220 e. The Bertz CT molecular complexity index is 855. The summed E-state index contributed by atoms with van der Waals surface area (Å²) in [5.74, 6) is 4.01. The molecule has 1 saturated heterocycles. The van der Waals surface area contributed by atoms with Crippen LogP contribution < -0.4 is 10.1 Å². The van der Waals surface area contributed by atoms with Crippen molar-refractivity contribution in [2.24, 2.45) is 34.5 Å². The zero-order valence-electron chi connectivity index (χ0n) is 18.8. The number of hydrogen-bond acceptors (Lipinski definition) is 2. The molecule has 5 rings (SSSR count). The Kier molecular flexibility index (Phi) is 4.93. The number of aryl methyl sites for hydroxylation is 1. The van der Waals surface area contributed by atoms with Gasteiger partial charge in [0.2, 0.25) is 5.91 Å². The van der Waals surface area contributed by atoms with Gasteiger partial charge in [0.25, 0.3) is 0 Å². The summed E-state index contributed by atoms with van der Waals surface area (Å²) in [6, 6.07) is 6.46. The predicted molar refractivity (Wildman–Crippen MR) is 121 cm³/mol. The molecule has 0 radical (unpaired) electrons. The number of halogens is 1. The number of carbonyl (C=O) groups is 1. The lowest BCUT2D eigenvalue weighted by molar-refractivity contribution is -0.141. The highest BCUT2D eigenvalue weighted by Crippen LogP contribution is 2.65. The van der Waals surface area contributed by atoms with Gasteiger partial charge in [0.05, 0.1) is 6.10 Å². The number of benzene rings is 1. The van der Waals surface area contributed by atoms with Crippen LogP contribution in [0.25, 0.3) is 0 Å². The highest BCUT2D eigenvalue weighted by atomic mass is 35.5. The van der Waals surface area contributed by atoms with Crippen LogP contribution >= 0.6 is 11.6 Å². The monoisotopic (exact) mass is 429 g/mol. The van der Waals surface area contributed by atoms with Crippen LogP contribution in [0.2, 0.25) is 5.02 Å². The van der Waals surface area contributed by atoms with E-state index in [-0.39, 0.29) is 17.4 Å². The largest absolute Gasteiger partial charge is 0.490 e. The lowest BCUT2D eigenvalue weighted by atomic mass is 9.45. The molecule has 1 aromatic rings. The average molecular weight is 430 g/mol. The molecular weight excluding hydrogens is 394 g/mol. The van der Waals surface area contributed by atoms with E-state index in [1.54, 1.807) is 0 Å². The average Bonchev–Trinajstić information content (AvgIpc) is 3.02. The summed E-state index contributed by atoms with van der Waals surface area (Å²) in [5.41, 5.74) is 1.73. The summed E-state index contributed by atoms with van der Waals surface area (Å²) in [5, 5.41) is 4.15. The Morgan fingerprint density at radius 1 is 1.17 bits per heavy atom. The third-order valence-electron chi connectivity index (χ3n) is 9.64. The Morgan fingerprint density at radius 2 is 1.97 bits per heavy atom. The van der Waals surface area contributed by atoms with E-state index in [0.29, 0.717) is 29.7 Å². The van der Waals surface area contributed by atoms with Gasteiger partial charge in [-0.1, -0.05) is 38.4 Å². The second-order valence-electron chi connectivity index (χ2n) is 11.4. The number of carbonyl (C=O) groups excluding carboxylic acids is 1. The van der Waals surface area contributed by atoms with Crippen molar-refractivity contribution in [2.45, 2.75) is 84.8 Å². The van der Waals surface area contributed by atoms with Gasteiger partial charge in [-0.25, -0.2) is 0 Å². The smallest absolute Gasteiger partial charge is 0.220 e. The SMILES string of the molecule is Cc1ccc(O[C@H]2CC3C4C(CC[C@]3(C)C2)[C@@]2(C)CCC(=O)NC2C[C@@H]4C)cc1Cl. The summed E-state index contributed by atoms with van der Waals surface area (Å²) < 4.78 is 6.49. The Labute approximate surface area is 186 Å². The number of nitrogens with one attached hydrogen (secondary N) is 1. The molecular formula is C26H36ClNO2. The zero-order chi connectivity index (χ0) is 21.3. The van der Waals surface area contributed by atoms with E-state index < -0.39 is 0 Å². The Balaban J connectivity index is 1.38. The molecule has 3 nitrogen and oxygen atoms in total. The minimum Gasteiger partial charge on any atom is -0.490 e. The third-order valence-corrected chi connectivity index (χ3v) is 10.0. The first-order chi connectivity index (χ1) is 14.2. The second kappa shape index (κ2) is 7.15. The minimum atomic E-state index is 0.259. The van der Waals surface area contributed by atoms with E-state index in [9.17, 15) is 4.79 Å². The lowest BCUT2D eigenvalue weighted by Gasteiger charge is -2.61. The highest BCUT2D eigenvalue weighted by Gasteiger charge is 2.61. The number of fused-ring (bicyclic) bond motifs is 5. The summed E-state index contributed by atoms with van der Waals surface area (Å²) in [7, 11) is 0. The van der Waals surface area contributed by atoms with Crippen molar-refractivity contribution in [3.63, 3.8) is 0 Å². The topological polar surface area (TPSA) is 38.3 Å². The third kappa shape index (κ3) is 3.18.